The highest BCUT2D eigenvalue weighted by Crippen LogP contribution is 2.33. The van der Waals surface area contributed by atoms with Gasteiger partial charge in [-0.1, -0.05) is 18.7 Å². The van der Waals surface area contributed by atoms with Crippen molar-refractivity contribution in [2.45, 2.75) is 18.5 Å². The SMILES string of the molecule is CCSc1nc(-c2ccc(OC)c(OCCCN3CCOCC3)c2)cc2nccn12. The maximum atomic E-state index is 6.09. The summed E-state index contributed by atoms with van der Waals surface area (Å²) in [7, 11) is 1.67. The van der Waals surface area contributed by atoms with E-state index in [0.29, 0.717) is 6.61 Å². The number of benzene rings is 1. The monoisotopic (exact) mass is 428 g/mol. The molecule has 4 rings (SSSR count). The topological polar surface area (TPSA) is 61.1 Å². The maximum Gasteiger partial charge on any atom is 0.174 e. The first-order valence-electron chi connectivity index (χ1n) is 10.4. The van der Waals surface area contributed by atoms with Gasteiger partial charge in [-0.2, -0.15) is 0 Å². The molecule has 0 saturated carbocycles. The first-order valence-corrected chi connectivity index (χ1v) is 11.3. The van der Waals surface area contributed by atoms with Crippen molar-refractivity contribution >= 4 is 17.4 Å². The van der Waals surface area contributed by atoms with Crippen LogP contribution in [0.4, 0.5) is 0 Å². The van der Waals surface area contributed by atoms with Crippen LogP contribution in [0, 0.1) is 0 Å². The van der Waals surface area contributed by atoms with E-state index in [9.17, 15) is 0 Å². The van der Waals surface area contributed by atoms with Gasteiger partial charge in [0.25, 0.3) is 0 Å². The van der Waals surface area contributed by atoms with Gasteiger partial charge in [0.1, 0.15) is 5.65 Å². The molecule has 1 fully saturated rings. The summed E-state index contributed by atoms with van der Waals surface area (Å²) in [6, 6.07) is 7.97. The molecule has 0 spiro atoms. The van der Waals surface area contributed by atoms with Crippen molar-refractivity contribution in [2.75, 3.05) is 52.3 Å². The number of morpholine rings is 1. The van der Waals surface area contributed by atoms with E-state index in [2.05, 4.69) is 16.8 Å². The number of aromatic nitrogens is 3. The van der Waals surface area contributed by atoms with E-state index in [1.807, 2.05) is 34.9 Å². The van der Waals surface area contributed by atoms with Crippen molar-refractivity contribution in [1.29, 1.82) is 0 Å². The summed E-state index contributed by atoms with van der Waals surface area (Å²) in [6.45, 7) is 7.42. The number of methoxy groups -OCH3 is 1. The number of imidazole rings is 1. The Morgan fingerprint density at radius 3 is 2.83 bits per heavy atom. The third-order valence-corrected chi connectivity index (χ3v) is 5.90. The second-order valence-corrected chi connectivity index (χ2v) is 8.27. The van der Waals surface area contributed by atoms with Crippen LogP contribution in [-0.2, 0) is 4.74 Å². The largest absolute Gasteiger partial charge is 0.493 e. The van der Waals surface area contributed by atoms with E-state index >= 15 is 0 Å². The molecule has 30 heavy (non-hydrogen) atoms. The minimum atomic E-state index is 0.640. The first kappa shape index (κ1) is 21.0. The molecule has 160 valence electrons. The molecule has 0 aliphatic carbocycles. The molecule has 3 aromatic rings. The normalized spacial score (nSPS) is 14.9. The van der Waals surface area contributed by atoms with E-state index in [1.165, 1.54) is 0 Å². The quantitative estimate of drug-likeness (QED) is 0.293. The van der Waals surface area contributed by atoms with Crippen LogP contribution >= 0.6 is 11.8 Å². The molecule has 8 heteroatoms. The molecular formula is C22H28N4O3S. The molecule has 3 heterocycles. The Morgan fingerprint density at radius 1 is 1.17 bits per heavy atom. The van der Waals surface area contributed by atoms with Crippen molar-refractivity contribution < 1.29 is 14.2 Å². The first-order chi connectivity index (χ1) is 14.8. The van der Waals surface area contributed by atoms with E-state index in [0.717, 1.165) is 78.6 Å². The van der Waals surface area contributed by atoms with Crippen molar-refractivity contribution in [3.8, 4) is 22.8 Å². The lowest BCUT2D eigenvalue weighted by Crippen LogP contribution is -2.37. The molecule has 0 amide bonds. The molecule has 1 aliphatic heterocycles. The van der Waals surface area contributed by atoms with Gasteiger partial charge in [-0.3, -0.25) is 9.30 Å². The number of fused-ring (bicyclic) bond motifs is 1. The number of thioether (sulfide) groups is 1. The van der Waals surface area contributed by atoms with Crippen molar-refractivity contribution in [3.05, 3.63) is 36.7 Å². The van der Waals surface area contributed by atoms with Crippen LogP contribution in [0.5, 0.6) is 11.5 Å². The van der Waals surface area contributed by atoms with Crippen LogP contribution < -0.4 is 9.47 Å². The Morgan fingerprint density at radius 2 is 2.03 bits per heavy atom. The van der Waals surface area contributed by atoms with E-state index in [1.54, 1.807) is 25.1 Å². The number of nitrogens with zero attached hydrogens (tertiary/aromatic N) is 4. The Bertz CT molecular complexity index is 972. The van der Waals surface area contributed by atoms with E-state index in [4.69, 9.17) is 19.2 Å². The predicted molar refractivity (Wildman–Crippen MR) is 119 cm³/mol. The second-order valence-electron chi connectivity index (χ2n) is 7.03. The molecule has 1 aliphatic rings. The fraction of sp³-hybridized carbons (Fsp3) is 0.455. The Kier molecular flexibility index (Phi) is 7.09. The van der Waals surface area contributed by atoms with Gasteiger partial charge in [0.2, 0.25) is 0 Å². The molecule has 0 radical (unpaired) electrons. The molecule has 0 atom stereocenters. The Hall–Kier alpha value is -2.29. The minimum absolute atomic E-state index is 0.640. The van der Waals surface area contributed by atoms with Crippen molar-refractivity contribution in [3.63, 3.8) is 0 Å². The summed E-state index contributed by atoms with van der Waals surface area (Å²) < 4.78 is 19.0. The fourth-order valence-electron chi connectivity index (χ4n) is 3.52. The van der Waals surface area contributed by atoms with Crippen LogP contribution in [0.1, 0.15) is 13.3 Å². The zero-order chi connectivity index (χ0) is 20.8. The number of ether oxygens (including phenoxy) is 3. The van der Waals surface area contributed by atoms with Crippen LogP contribution in [0.15, 0.2) is 41.8 Å². The lowest BCUT2D eigenvalue weighted by molar-refractivity contribution is 0.0357. The maximum absolute atomic E-state index is 6.09. The molecule has 0 N–H and O–H groups in total. The van der Waals surface area contributed by atoms with E-state index in [-0.39, 0.29) is 0 Å². The van der Waals surface area contributed by atoms with E-state index < -0.39 is 0 Å². The summed E-state index contributed by atoms with van der Waals surface area (Å²) in [4.78, 5) is 11.7. The second kappa shape index (κ2) is 10.1. The van der Waals surface area contributed by atoms with Crippen LogP contribution in [0.3, 0.4) is 0 Å². The third kappa shape index (κ3) is 4.88. The molecule has 1 aromatic carbocycles. The lowest BCUT2D eigenvalue weighted by atomic mass is 10.1. The highest BCUT2D eigenvalue weighted by molar-refractivity contribution is 7.99. The molecule has 2 aromatic heterocycles. The number of rotatable bonds is 9. The molecule has 7 nitrogen and oxygen atoms in total. The summed E-state index contributed by atoms with van der Waals surface area (Å²) >= 11 is 1.70. The minimum Gasteiger partial charge on any atom is -0.493 e. The van der Waals surface area contributed by atoms with Gasteiger partial charge in [-0.05, 0) is 30.4 Å². The van der Waals surface area contributed by atoms with Crippen LogP contribution in [0.25, 0.3) is 16.9 Å². The molecule has 0 unspecified atom stereocenters. The highest BCUT2D eigenvalue weighted by atomic mass is 32.2. The van der Waals surface area contributed by atoms with Crippen LogP contribution in [-0.4, -0.2) is 71.6 Å². The van der Waals surface area contributed by atoms with Crippen LogP contribution in [0.2, 0.25) is 0 Å². The zero-order valence-electron chi connectivity index (χ0n) is 17.5. The van der Waals surface area contributed by atoms with Gasteiger partial charge in [0.15, 0.2) is 16.7 Å². The van der Waals surface area contributed by atoms with Gasteiger partial charge in [0, 0.05) is 43.7 Å². The average molecular weight is 429 g/mol. The average Bonchev–Trinajstić information content (AvgIpc) is 3.26. The molecule has 0 bridgehead atoms. The summed E-state index contributed by atoms with van der Waals surface area (Å²) in [6.07, 6.45) is 4.71. The van der Waals surface area contributed by atoms with Crippen molar-refractivity contribution in [1.82, 2.24) is 19.3 Å². The predicted octanol–water partition coefficient (Wildman–Crippen LogP) is 3.62. The van der Waals surface area contributed by atoms with Gasteiger partial charge in [0.05, 0.1) is 32.6 Å². The standard InChI is InChI=1S/C22H28N4O3S/c1-3-30-22-24-18(16-21-23-7-9-26(21)22)17-5-6-19(27-2)20(15-17)29-12-4-8-25-10-13-28-14-11-25/h5-7,9,15-16H,3-4,8,10-14H2,1-2H3. The molecular weight excluding hydrogens is 400 g/mol. The van der Waals surface area contributed by atoms with Gasteiger partial charge in [-0.25, -0.2) is 9.97 Å². The van der Waals surface area contributed by atoms with Gasteiger partial charge < -0.3 is 14.2 Å². The van der Waals surface area contributed by atoms with Gasteiger partial charge >= 0.3 is 0 Å². The zero-order valence-corrected chi connectivity index (χ0v) is 18.4. The Labute approximate surface area is 181 Å². The molecule has 1 saturated heterocycles. The smallest absolute Gasteiger partial charge is 0.174 e. The number of hydrogen-bond donors (Lipinski definition) is 0. The summed E-state index contributed by atoms with van der Waals surface area (Å²) in [5.74, 6) is 2.42. The van der Waals surface area contributed by atoms with Crippen molar-refractivity contribution in [2.24, 2.45) is 0 Å². The Balaban J connectivity index is 1.50. The fourth-order valence-corrected chi connectivity index (χ4v) is 4.23. The lowest BCUT2D eigenvalue weighted by Gasteiger charge is -2.26. The summed E-state index contributed by atoms with van der Waals surface area (Å²) in [5, 5.41) is 0.936. The third-order valence-electron chi connectivity index (χ3n) is 5.07. The summed E-state index contributed by atoms with van der Waals surface area (Å²) in [5.41, 5.74) is 2.76. The number of hydrogen-bond acceptors (Lipinski definition) is 7. The van der Waals surface area contributed by atoms with Gasteiger partial charge in [-0.15, -0.1) is 0 Å². The highest BCUT2D eigenvalue weighted by Gasteiger charge is 2.13.